The maximum atomic E-state index is 5.58. The molecule has 4 nitrogen and oxygen atoms in total. The van der Waals surface area contributed by atoms with Crippen LogP contribution < -0.4 is 10.1 Å². The predicted molar refractivity (Wildman–Crippen MR) is 51.0 cm³/mol. The summed E-state index contributed by atoms with van der Waals surface area (Å²) in [5.74, 6) is 0.780. The predicted octanol–water partition coefficient (Wildman–Crippen LogP) is 0.915. The molecule has 1 aromatic rings. The Labute approximate surface area is 81.3 Å². The molecule has 0 bridgehead atoms. The molecule has 1 aliphatic rings. The van der Waals surface area contributed by atoms with Gasteiger partial charge in [-0.1, -0.05) is 11.3 Å². The standard InChI is InChI=1S/C8H13N3OS/c1-9-4-6-2-7(3-6)12-8-11-10-5-13-8/h5-7,9H,2-4H2,1H3. The molecular formula is C8H13N3OS. The molecule has 0 saturated heterocycles. The second kappa shape index (κ2) is 4.02. The van der Waals surface area contributed by atoms with Gasteiger partial charge in [0.2, 0.25) is 0 Å². The highest BCUT2D eigenvalue weighted by Crippen LogP contribution is 2.30. The maximum Gasteiger partial charge on any atom is 0.294 e. The van der Waals surface area contributed by atoms with Gasteiger partial charge in [-0.3, -0.25) is 0 Å². The first-order valence-corrected chi connectivity index (χ1v) is 5.34. The molecule has 0 amide bonds. The molecule has 0 atom stereocenters. The number of hydrogen-bond donors (Lipinski definition) is 1. The summed E-state index contributed by atoms with van der Waals surface area (Å²) in [5.41, 5.74) is 1.69. The van der Waals surface area contributed by atoms with Crippen LogP contribution in [-0.4, -0.2) is 29.9 Å². The Morgan fingerprint density at radius 1 is 1.69 bits per heavy atom. The van der Waals surface area contributed by atoms with Gasteiger partial charge in [-0.15, -0.1) is 10.2 Å². The van der Waals surface area contributed by atoms with E-state index in [1.165, 1.54) is 11.3 Å². The minimum Gasteiger partial charge on any atom is -0.466 e. The average Bonchev–Trinajstić information content (AvgIpc) is 2.53. The molecule has 1 aromatic heterocycles. The van der Waals surface area contributed by atoms with E-state index in [4.69, 9.17) is 4.74 Å². The quantitative estimate of drug-likeness (QED) is 0.783. The lowest BCUT2D eigenvalue weighted by atomic mass is 9.82. The van der Waals surface area contributed by atoms with E-state index < -0.39 is 0 Å². The summed E-state index contributed by atoms with van der Waals surface area (Å²) < 4.78 is 5.58. The lowest BCUT2D eigenvalue weighted by Gasteiger charge is -2.34. The van der Waals surface area contributed by atoms with Gasteiger partial charge >= 0.3 is 0 Å². The Kier molecular flexibility index (Phi) is 2.75. The van der Waals surface area contributed by atoms with Gasteiger partial charge in [-0.05, 0) is 32.4 Å². The fraction of sp³-hybridized carbons (Fsp3) is 0.750. The van der Waals surface area contributed by atoms with Gasteiger partial charge in [-0.25, -0.2) is 0 Å². The molecule has 0 spiro atoms. The van der Waals surface area contributed by atoms with Crippen LogP contribution in [0, 0.1) is 5.92 Å². The highest BCUT2D eigenvalue weighted by atomic mass is 32.1. The van der Waals surface area contributed by atoms with Crippen molar-refractivity contribution in [1.29, 1.82) is 0 Å². The Balaban J connectivity index is 1.70. The highest BCUT2D eigenvalue weighted by molar-refractivity contribution is 7.11. The van der Waals surface area contributed by atoms with Crippen molar-refractivity contribution in [1.82, 2.24) is 15.5 Å². The molecule has 13 heavy (non-hydrogen) atoms. The SMILES string of the molecule is CNCC1CC(Oc2nncs2)C1. The molecule has 1 heterocycles. The van der Waals surface area contributed by atoms with E-state index in [2.05, 4.69) is 15.5 Å². The van der Waals surface area contributed by atoms with Gasteiger partial charge in [0.05, 0.1) is 0 Å². The van der Waals surface area contributed by atoms with Gasteiger partial charge in [0.1, 0.15) is 11.6 Å². The van der Waals surface area contributed by atoms with Gasteiger partial charge in [0.25, 0.3) is 5.19 Å². The van der Waals surface area contributed by atoms with Gasteiger partial charge in [-0.2, -0.15) is 0 Å². The van der Waals surface area contributed by atoms with Crippen molar-refractivity contribution >= 4 is 11.3 Å². The number of rotatable bonds is 4. The summed E-state index contributed by atoms with van der Waals surface area (Å²) in [6, 6.07) is 0. The molecule has 0 aromatic carbocycles. The van der Waals surface area contributed by atoms with Gasteiger partial charge in [0, 0.05) is 0 Å². The van der Waals surface area contributed by atoms with E-state index in [1.807, 2.05) is 7.05 Å². The van der Waals surface area contributed by atoms with Crippen molar-refractivity contribution in [3.63, 3.8) is 0 Å². The lowest BCUT2D eigenvalue weighted by Crippen LogP contribution is -2.38. The maximum absolute atomic E-state index is 5.58. The monoisotopic (exact) mass is 199 g/mol. The Bertz CT molecular complexity index is 246. The lowest BCUT2D eigenvalue weighted by molar-refractivity contribution is 0.0648. The number of hydrogen-bond acceptors (Lipinski definition) is 5. The van der Waals surface area contributed by atoms with E-state index >= 15 is 0 Å². The van der Waals surface area contributed by atoms with E-state index in [0.717, 1.165) is 25.3 Å². The highest BCUT2D eigenvalue weighted by Gasteiger charge is 2.30. The minimum atomic E-state index is 0.367. The largest absolute Gasteiger partial charge is 0.466 e. The first-order chi connectivity index (χ1) is 6.38. The van der Waals surface area contributed by atoms with Crippen LogP contribution in [0.3, 0.4) is 0 Å². The molecule has 0 unspecified atom stereocenters. The minimum absolute atomic E-state index is 0.367. The normalized spacial score (nSPS) is 26.8. The summed E-state index contributed by atoms with van der Waals surface area (Å²) >= 11 is 1.46. The third-order valence-corrected chi connectivity index (χ3v) is 2.87. The summed E-state index contributed by atoms with van der Waals surface area (Å²) in [6.45, 7) is 1.09. The molecule has 1 fully saturated rings. The molecule has 0 radical (unpaired) electrons. The van der Waals surface area contributed by atoms with Crippen molar-refractivity contribution in [2.75, 3.05) is 13.6 Å². The molecular weight excluding hydrogens is 186 g/mol. The summed E-state index contributed by atoms with van der Waals surface area (Å²) in [4.78, 5) is 0. The van der Waals surface area contributed by atoms with Crippen molar-refractivity contribution < 1.29 is 4.74 Å². The molecule has 1 saturated carbocycles. The molecule has 5 heteroatoms. The topological polar surface area (TPSA) is 47.0 Å². The summed E-state index contributed by atoms with van der Waals surface area (Å²) in [7, 11) is 1.99. The number of nitrogens with one attached hydrogen (secondary N) is 1. The van der Waals surface area contributed by atoms with Crippen LogP contribution in [0.1, 0.15) is 12.8 Å². The second-order valence-corrected chi connectivity index (χ2v) is 4.14. The van der Waals surface area contributed by atoms with Crippen LogP contribution in [-0.2, 0) is 0 Å². The van der Waals surface area contributed by atoms with E-state index in [-0.39, 0.29) is 0 Å². The van der Waals surface area contributed by atoms with Crippen LogP contribution in [0.4, 0.5) is 0 Å². The smallest absolute Gasteiger partial charge is 0.294 e. The average molecular weight is 199 g/mol. The van der Waals surface area contributed by atoms with Crippen molar-refractivity contribution in [2.45, 2.75) is 18.9 Å². The fourth-order valence-corrected chi connectivity index (χ4v) is 2.05. The van der Waals surface area contributed by atoms with E-state index in [0.29, 0.717) is 11.3 Å². The van der Waals surface area contributed by atoms with Gasteiger partial charge in [0.15, 0.2) is 0 Å². The first kappa shape index (κ1) is 8.90. The first-order valence-electron chi connectivity index (χ1n) is 4.46. The molecule has 1 aliphatic carbocycles. The second-order valence-electron chi connectivity index (χ2n) is 3.34. The Morgan fingerprint density at radius 3 is 3.15 bits per heavy atom. The summed E-state index contributed by atoms with van der Waals surface area (Å²) in [6.07, 6.45) is 2.65. The fourth-order valence-electron chi connectivity index (χ4n) is 1.58. The molecule has 2 rings (SSSR count). The van der Waals surface area contributed by atoms with E-state index in [1.54, 1.807) is 5.51 Å². The Morgan fingerprint density at radius 2 is 2.54 bits per heavy atom. The molecule has 0 aliphatic heterocycles. The van der Waals surface area contributed by atoms with Crippen LogP contribution in [0.2, 0.25) is 0 Å². The van der Waals surface area contributed by atoms with Crippen LogP contribution in [0.25, 0.3) is 0 Å². The van der Waals surface area contributed by atoms with Crippen molar-refractivity contribution in [3.05, 3.63) is 5.51 Å². The zero-order valence-electron chi connectivity index (χ0n) is 7.56. The van der Waals surface area contributed by atoms with Crippen LogP contribution in [0.15, 0.2) is 5.51 Å². The third-order valence-electron chi connectivity index (χ3n) is 2.29. The summed E-state index contributed by atoms with van der Waals surface area (Å²) in [5, 5.41) is 11.4. The zero-order chi connectivity index (χ0) is 9.10. The third kappa shape index (κ3) is 2.16. The molecule has 1 N–H and O–H groups in total. The number of ether oxygens (including phenoxy) is 1. The van der Waals surface area contributed by atoms with E-state index in [9.17, 15) is 0 Å². The van der Waals surface area contributed by atoms with Crippen LogP contribution >= 0.6 is 11.3 Å². The van der Waals surface area contributed by atoms with Crippen LogP contribution in [0.5, 0.6) is 5.19 Å². The zero-order valence-corrected chi connectivity index (χ0v) is 8.38. The molecule has 72 valence electrons. The van der Waals surface area contributed by atoms with Crippen molar-refractivity contribution in [2.24, 2.45) is 5.92 Å². The Hall–Kier alpha value is -0.680. The van der Waals surface area contributed by atoms with Gasteiger partial charge < -0.3 is 10.1 Å². The number of nitrogens with zero attached hydrogens (tertiary/aromatic N) is 2. The van der Waals surface area contributed by atoms with Crippen molar-refractivity contribution in [3.8, 4) is 5.19 Å². The number of aromatic nitrogens is 2.